The van der Waals surface area contributed by atoms with E-state index in [2.05, 4.69) is 9.80 Å². The summed E-state index contributed by atoms with van der Waals surface area (Å²) in [6.45, 7) is 6.01. The van der Waals surface area contributed by atoms with Crippen LogP contribution in [0.5, 0.6) is 0 Å². The number of piperidine rings is 1. The second-order valence-electron chi connectivity index (χ2n) is 9.21. The Morgan fingerprint density at radius 3 is 2.68 bits per heavy atom. The number of halogens is 1. The third-order valence-electron chi connectivity index (χ3n) is 6.37. The molecule has 0 unspecified atom stereocenters. The Kier molecular flexibility index (Phi) is 8.84. The van der Waals surface area contributed by atoms with Crippen molar-refractivity contribution in [1.29, 1.82) is 0 Å². The van der Waals surface area contributed by atoms with Gasteiger partial charge in [-0.25, -0.2) is 4.39 Å². The summed E-state index contributed by atoms with van der Waals surface area (Å²) in [5, 5.41) is 0. The van der Waals surface area contributed by atoms with Gasteiger partial charge in [-0.2, -0.15) is 0 Å². The van der Waals surface area contributed by atoms with Gasteiger partial charge in [0.2, 0.25) is 11.8 Å². The van der Waals surface area contributed by atoms with Gasteiger partial charge in [0.05, 0.1) is 0 Å². The molecule has 0 N–H and O–H groups in total. The van der Waals surface area contributed by atoms with E-state index >= 15 is 0 Å². The van der Waals surface area contributed by atoms with Crippen molar-refractivity contribution in [2.24, 2.45) is 5.92 Å². The zero-order valence-electron chi connectivity index (χ0n) is 19.1. The summed E-state index contributed by atoms with van der Waals surface area (Å²) in [5.74, 6) is 0.542. The number of amides is 2. The normalized spacial score (nSPS) is 19.9. The van der Waals surface area contributed by atoms with Crippen LogP contribution in [-0.2, 0) is 16.1 Å². The van der Waals surface area contributed by atoms with E-state index < -0.39 is 0 Å². The Bertz CT molecular complexity index is 742. The molecule has 6 nitrogen and oxygen atoms in total. The van der Waals surface area contributed by atoms with E-state index in [1.54, 1.807) is 6.07 Å². The van der Waals surface area contributed by atoms with Crippen LogP contribution in [0.2, 0.25) is 0 Å². The van der Waals surface area contributed by atoms with Crippen molar-refractivity contribution in [2.75, 3.05) is 59.9 Å². The Balaban J connectivity index is 1.55. The number of hydrogen-bond donors (Lipinski definition) is 0. The summed E-state index contributed by atoms with van der Waals surface area (Å²) < 4.78 is 14.1. The maximum absolute atomic E-state index is 14.1. The minimum atomic E-state index is -0.149. The number of likely N-dealkylation sites (N-methyl/N-ethyl adjacent to an activating group) is 1. The Morgan fingerprint density at radius 2 is 1.97 bits per heavy atom. The van der Waals surface area contributed by atoms with Crippen LogP contribution in [0, 0.1) is 11.7 Å². The molecule has 2 aliphatic rings. The van der Waals surface area contributed by atoms with E-state index in [1.165, 1.54) is 6.07 Å². The standard InChI is InChI=1S/C24H37FN4O2/c1-26(2)15-16-29(24(31)11-14-28-13-6-10-23(28)30)18-20-7-5-12-27(17-20)19-21-8-3-4-9-22(21)25/h3-4,8-9,20H,5-7,10-19H2,1-2H3/t20-/m0/s1. The first-order valence-electron chi connectivity index (χ1n) is 11.6. The molecule has 0 bridgehead atoms. The van der Waals surface area contributed by atoms with Gasteiger partial charge in [0, 0.05) is 64.2 Å². The molecule has 2 aliphatic heterocycles. The van der Waals surface area contributed by atoms with Crippen LogP contribution < -0.4 is 0 Å². The molecule has 1 atom stereocenters. The molecule has 3 rings (SSSR count). The first-order chi connectivity index (χ1) is 14.9. The second-order valence-corrected chi connectivity index (χ2v) is 9.21. The highest BCUT2D eigenvalue weighted by Crippen LogP contribution is 2.21. The van der Waals surface area contributed by atoms with Crippen molar-refractivity contribution in [2.45, 2.75) is 38.6 Å². The number of rotatable bonds is 10. The smallest absolute Gasteiger partial charge is 0.224 e. The fraction of sp³-hybridized carbons (Fsp3) is 0.667. The van der Waals surface area contributed by atoms with Crippen LogP contribution in [-0.4, -0.2) is 91.3 Å². The van der Waals surface area contributed by atoms with Gasteiger partial charge in [0.1, 0.15) is 5.82 Å². The van der Waals surface area contributed by atoms with Crippen LogP contribution in [0.1, 0.15) is 37.7 Å². The number of hydrogen-bond acceptors (Lipinski definition) is 4. The summed E-state index contributed by atoms with van der Waals surface area (Å²) in [7, 11) is 4.03. The van der Waals surface area contributed by atoms with Crippen molar-refractivity contribution in [3.63, 3.8) is 0 Å². The van der Waals surface area contributed by atoms with Crippen LogP contribution >= 0.6 is 0 Å². The largest absolute Gasteiger partial charge is 0.342 e. The molecule has 31 heavy (non-hydrogen) atoms. The van der Waals surface area contributed by atoms with E-state index in [-0.39, 0.29) is 17.6 Å². The maximum Gasteiger partial charge on any atom is 0.224 e. The van der Waals surface area contributed by atoms with Crippen molar-refractivity contribution in [1.82, 2.24) is 19.6 Å². The first-order valence-corrected chi connectivity index (χ1v) is 11.6. The molecule has 0 saturated carbocycles. The molecule has 0 radical (unpaired) electrons. The molecule has 2 amide bonds. The summed E-state index contributed by atoms with van der Waals surface area (Å²) in [6.07, 6.45) is 4.06. The zero-order chi connectivity index (χ0) is 22.2. The fourth-order valence-corrected chi connectivity index (χ4v) is 4.59. The molecule has 0 aromatic heterocycles. The van der Waals surface area contributed by atoms with Gasteiger partial charge in [-0.3, -0.25) is 14.5 Å². The number of nitrogens with zero attached hydrogens (tertiary/aromatic N) is 4. The molecular weight excluding hydrogens is 395 g/mol. The van der Waals surface area contributed by atoms with E-state index in [4.69, 9.17) is 0 Å². The molecule has 0 spiro atoms. The topological polar surface area (TPSA) is 47.1 Å². The van der Waals surface area contributed by atoms with E-state index in [0.717, 1.165) is 57.5 Å². The Labute approximate surface area is 186 Å². The predicted octanol–water partition coefficient (Wildman–Crippen LogP) is 2.44. The maximum atomic E-state index is 14.1. The summed E-state index contributed by atoms with van der Waals surface area (Å²) in [6, 6.07) is 6.98. The van der Waals surface area contributed by atoms with E-state index in [1.807, 2.05) is 36.0 Å². The lowest BCUT2D eigenvalue weighted by Crippen LogP contribution is -2.45. The highest BCUT2D eigenvalue weighted by atomic mass is 19.1. The zero-order valence-corrected chi connectivity index (χ0v) is 19.1. The van der Waals surface area contributed by atoms with Crippen LogP contribution in [0.4, 0.5) is 4.39 Å². The number of carbonyl (C=O) groups excluding carboxylic acids is 2. The quantitative estimate of drug-likeness (QED) is 0.570. The SMILES string of the molecule is CN(C)CCN(C[C@H]1CCCN(Cc2ccccc2F)C1)C(=O)CCN1CCCC1=O. The minimum absolute atomic E-state index is 0.132. The highest BCUT2D eigenvalue weighted by molar-refractivity contribution is 5.80. The molecule has 1 aromatic carbocycles. The van der Waals surface area contributed by atoms with Crippen LogP contribution in [0.3, 0.4) is 0 Å². The first kappa shape index (κ1) is 23.7. The molecule has 1 aromatic rings. The third-order valence-corrected chi connectivity index (χ3v) is 6.37. The molecule has 7 heteroatoms. The molecule has 172 valence electrons. The monoisotopic (exact) mass is 432 g/mol. The van der Waals surface area contributed by atoms with Gasteiger partial charge >= 0.3 is 0 Å². The number of likely N-dealkylation sites (tertiary alicyclic amines) is 2. The van der Waals surface area contributed by atoms with Gasteiger partial charge in [0.25, 0.3) is 0 Å². The summed E-state index contributed by atoms with van der Waals surface area (Å²) in [5.41, 5.74) is 0.735. The van der Waals surface area contributed by atoms with Gasteiger partial charge < -0.3 is 14.7 Å². The lowest BCUT2D eigenvalue weighted by atomic mass is 9.96. The number of benzene rings is 1. The van der Waals surface area contributed by atoms with Crippen molar-refractivity contribution >= 4 is 11.8 Å². The van der Waals surface area contributed by atoms with Gasteiger partial charge in [-0.1, -0.05) is 18.2 Å². The molecular formula is C24H37FN4O2. The third kappa shape index (κ3) is 7.28. The summed E-state index contributed by atoms with van der Waals surface area (Å²) >= 11 is 0. The average Bonchev–Trinajstić information content (AvgIpc) is 3.16. The average molecular weight is 433 g/mol. The lowest BCUT2D eigenvalue weighted by molar-refractivity contribution is -0.133. The van der Waals surface area contributed by atoms with E-state index in [0.29, 0.717) is 38.4 Å². The Morgan fingerprint density at radius 1 is 1.16 bits per heavy atom. The fourth-order valence-electron chi connectivity index (χ4n) is 4.59. The molecule has 2 heterocycles. The molecule has 2 fully saturated rings. The highest BCUT2D eigenvalue weighted by Gasteiger charge is 2.26. The van der Waals surface area contributed by atoms with Gasteiger partial charge in [-0.05, 0) is 51.9 Å². The summed E-state index contributed by atoms with van der Waals surface area (Å²) in [4.78, 5) is 33.1. The molecule has 0 aliphatic carbocycles. The second kappa shape index (κ2) is 11.6. The molecule has 2 saturated heterocycles. The minimum Gasteiger partial charge on any atom is -0.342 e. The lowest BCUT2D eigenvalue weighted by Gasteiger charge is -2.36. The van der Waals surface area contributed by atoms with Crippen molar-refractivity contribution in [3.05, 3.63) is 35.6 Å². The van der Waals surface area contributed by atoms with E-state index in [9.17, 15) is 14.0 Å². The van der Waals surface area contributed by atoms with Crippen molar-refractivity contribution < 1.29 is 14.0 Å². The Hall–Kier alpha value is -1.99. The number of carbonyl (C=O) groups is 2. The van der Waals surface area contributed by atoms with Crippen molar-refractivity contribution in [3.8, 4) is 0 Å². The van der Waals surface area contributed by atoms with Crippen LogP contribution in [0.25, 0.3) is 0 Å². The predicted molar refractivity (Wildman–Crippen MR) is 120 cm³/mol. The van der Waals surface area contributed by atoms with Crippen LogP contribution in [0.15, 0.2) is 24.3 Å². The van der Waals surface area contributed by atoms with Gasteiger partial charge in [-0.15, -0.1) is 0 Å². The van der Waals surface area contributed by atoms with Gasteiger partial charge in [0.15, 0.2) is 0 Å².